The number of pyridine rings is 1. The van der Waals surface area contributed by atoms with Crippen LogP contribution in [-0.2, 0) is 0 Å². The van der Waals surface area contributed by atoms with Gasteiger partial charge in [-0.2, -0.15) is 0 Å². The van der Waals surface area contributed by atoms with Gasteiger partial charge in [0.05, 0.1) is 13.2 Å². The van der Waals surface area contributed by atoms with E-state index in [1.807, 2.05) is 36.1 Å². The fourth-order valence-corrected chi connectivity index (χ4v) is 4.45. The first-order chi connectivity index (χ1) is 13.6. The van der Waals surface area contributed by atoms with Crippen molar-refractivity contribution in [2.24, 2.45) is 11.8 Å². The van der Waals surface area contributed by atoms with Crippen molar-refractivity contribution in [3.8, 4) is 11.5 Å². The first-order valence-electron chi connectivity index (χ1n) is 9.74. The summed E-state index contributed by atoms with van der Waals surface area (Å²) in [6.45, 7) is 3.29. The predicted molar refractivity (Wildman–Crippen MR) is 105 cm³/mol. The van der Waals surface area contributed by atoms with Crippen LogP contribution in [0, 0.1) is 18.8 Å². The summed E-state index contributed by atoms with van der Waals surface area (Å²) >= 11 is 0. The van der Waals surface area contributed by atoms with Crippen LogP contribution in [0.25, 0.3) is 0 Å². The zero-order valence-corrected chi connectivity index (χ0v) is 16.2. The van der Waals surface area contributed by atoms with Crippen LogP contribution in [0.4, 0.5) is 0 Å². The van der Waals surface area contributed by atoms with E-state index in [0.29, 0.717) is 48.4 Å². The van der Waals surface area contributed by atoms with Crippen molar-refractivity contribution in [2.75, 3.05) is 20.2 Å². The average Bonchev–Trinajstić information content (AvgIpc) is 3.11. The van der Waals surface area contributed by atoms with E-state index in [0.717, 1.165) is 12.0 Å². The van der Waals surface area contributed by atoms with Crippen molar-refractivity contribution < 1.29 is 19.4 Å². The number of fused-ring (bicyclic) bond motifs is 1. The minimum atomic E-state index is -0.552. The minimum absolute atomic E-state index is 0.0472. The number of aliphatic hydroxyl groups is 1. The van der Waals surface area contributed by atoms with Crippen LogP contribution in [0.15, 0.2) is 42.7 Å². The molecule has 4 atom stereocenters. The highest BCUT2D eigenvalue weighted by molar-refractivity contribution is 5.95. The molecule has 2 fully saturated rings. The molecule has 4 rings (SSSR count). The molecule has 2 aliphatic rings. The fourth-order valence-electron chi connectivity index (χ4n) is 4.45. The van der Waals surface area contributed by atoms with Gasteiger partial charge in [-0.25, -0.2) is 0 Å². The van der Waals surface area contributed by atoms with Crippen LogP contribution >= 0.6 is 0 Å². The molecule has 1 N–H and O–H groups in total. The number of para-hydroxylation sites is 2. The topological polar surface area (TPSA) is 71.9 Å². The quantitative estimate of drug-likeness (QED) is 0.880. The van der Waals surface area contributed by atoms with Gasteiger partial charge in [0.15, 0.2) is 11.5 Å². The van der Waals surface area contributed by atoms with E-state index in [1.165, 1.54) is 0 Å². The Labute approximate surface area is 165 Å². The number of benzene rings is 1. The summed E-state index contributed by atoms with van der Waals surface area (Å²) in [6.07, 6.45) is 3.90. The molecule has 2 heterocycles. The van der Waals surface area contributed by atoms with Crippen LogP contribution < -0.4 is 9.47 Å². The minimum Gasteiger partial charge on any atom is -0.493 e. The van der Waals surface area contributed by atoms with Gasteiger partial charge < -0.3 is 19.5 Å². The second kappa shape index (κ2) is 7.80. The van der Waals surface area contributed by atoms with E-state index >= 15 is 0 Å². The predicted octanol–water partition coefficient (Wildman–Crippen LogP) is 2.69. The van der Waals surface area contributed by atoms with E-state index in [2.05, 4.69) is 4.98 Å². The molecule has 1 amide bonds. The summed E-state index contributed by atoms with van der Waals surface area (Å²) in [5, 5.41) is 10.6. The van der Waals surface area contributed by atoms with Gasteiger partial charge in [0, 0.05) is 31.0 Å². The summed E-state index contributed by atoms with van der Waals surface area (Å²) < 4.78 is 11.5. The monoisotopic (exact) mass is 382 g/mol. The molecule has 6 heteroatoms. The van der Waals surface area contributed by atoms with Crippen molar-refractivity contribution in [2.45, 2.75) is 32.0 Å². The largest absolute Gasteiger partial charge is 0.493 e. The lowest BCUT2D eigenvalue weighted by atomic mass is 9.78. The lowest BCUT2D eigenvalue weighted by molar-refractivity contribution is -0.0240. The smallest absolute Gasteiger partial charge is 0.254 e. The zero-order valence-electron chi connectivity index (χ0n) is 16.2. The Balaban J connectivity index is 1.45. The summed E-state index contributed by atoms with van der Waals surface area (Å²) in [7, 11) is 1.61. The molecule has 2 aromatic rings. The van der Waals surface area contributed by atoms with Crippen molar-refractivity contribution in [3.05, 3.63) is 53.9 Å². The number of aliphatic hydroxyl groups excluding tert-OH is 1. The number of aromatic nitrogens is 1. The molecule has 0 unspecified atom stereocenters. The highest BCUT2D eigenvalue weighted by Crippen LogP contribution is 2.39. The number of amides is 1. The summed E-state index contributed by atoms with van der Waals surface area (Å²) in [4.78, 5) is 18.9. The second-order valence-electron chi connectivity index (χ2n) is 7.77. The lowest BCUT2D eigenvalue weighted by Crippen LogP contribution is -2.42. The molecular formula is C22H26N2O4. The van der Waals surface area contributed by atoms with Gasteiger partial charge in [0.2, 0.25) is 0 Å². The van der Waals surface area contributed by atoms with Crippen molar-refractivity contribution in [1.82, 2.24) is 9.88 Å². The SMILES string of the molecule is COc1ccccc1O[C@@H]1C[C@@H]2CN(C(=O)c3ccncc3C)C[C@@H]2C[C@H]1O. The molecule has 1 aromatic heterocycles. The maximum atomic E-state index is 12.9. The van der Waals surface area contributed by atoms with Crippen molar-refractivity contribution in [1.29, 1.82) is 0 Å². The first-order valence-corrected chi connectivity index (χ1v) is 9.74. The Kier molecular flexibility index (Phi) is 5.22. The molecule has 1 saturated carbocycles. The Bertz CT molecular complexity index is 856. The Morgan fingerprint density at radius 1 is 1.14 bits per heavy atom. The summed E-state index contributed by atoms with van der Waals surface area (Å²) in [6, 6.07) is 9.26. The number of carbonyl (C=O) groups is 1. The molecule has 1 aliphatic carbocycles. The first kappa shape index (κ1) is 18.7. The molecule has 148 valence electrons. The average molecular weight is 382 g/mol. The molecule has 6 nitrogen and oxygen atoms in total. The summed E-state index contributed by atoms with van der Waals surface area (Å²) in [5.74, 6) is 1.98. The van der Waals surface area contributed by atoms with Gasteiger partial charge in [-0.05, 0) is 55.4 Å². The van der Waals surface area contributed by atoms with Gasteiger partial charge >= 0.3 is 0 Å². The number of hydrogen-bond acceptors (Lipinski definition) is 5. The molecular weight excluding hydrogens is 356 g/mol. The molecule has 0 radical (unpaired) electrons. The highest BCUT2D eigenvalue weighted by atomic mass is 16.5. The normalized spacial score (nSPS) is 26.6. The van der Waals surface area contributed by atoms with Gasteiger partial charge in [-0.15, -0.1) is 0 Å². The van der Waals surface area contributed by atoms with E-state index in [9.17, 15) is 9.90 Å². The van der Waals surface area contributed by atoms with E-state index in [1.54, 1.807) is 25.6 Å². The molecule has 1 aliphatic heterocycles. The number of carbonyl (C=O) groups excluding carboxylic acids is 1. The third-order valence-corrected chi connectivity index (χ3v) is 5.97. The van der Waals surface area contributed by atoms with Crippen LogP contribution in [-0.4, -0.2) is 53.3 Å². The number of ether oxygens (including phenoxy) is 2. The van der Waals surface area contributed by atoms with Gasteiger partial charge in [0.1, 0.15) is 6.10 Å². The Morgan fingerprint density at radius 2 is 1.86 bits per heavy atom. The Hall–Kier alpha value is -2.60. The maximum absolute atomic E-state index is 12.9. The lowest BCUT2D eigenvalue weighted by Gasteiger charge is -2.35. The molecule has 1 saturated heterocycles. The number of likely N-dealkylation sites (tertiary alicyclic amines) is 1. The van der Waals surface area contributed by atoms with E-state index in [4.69, 9.17) is 9.47 Å². The number of rotatable bonds is 4. The van der Waals surface area contributed by atoms with Crippen molar-refractivity contribution in [3.63, 3.8) is 0 Å². The maximum Gasteiger partial charge on any atom is 0.254 e. The molecule has 28 heavy (non-hydrogen) atoms. The molecule has 0 spiro atoms. The van der Waals surface area contributed by atoms with Gasteiger partial charge in [0.25, 0.3) is 5.91 Å². The summed E-state index contributed by atoms with van der Waals surface area (Å²) in [5.41, 5.74) is 1.59. The number of methoxy groups -OCH3 is 1. The fraction of sp³-hybridized carbons (Fsp3) is 0.455. The molecule has 0 bridgehead atoms. The zero-order chi connectivity index (χ0) is 19.7. The van der Waals surface area contributed by atoms with Gasteiger partial charge in [-0.3, -0.25) is 9.78 Å². The van der Waals surface area contributed by atoms with Crippen LogP contribution in [0.3, 0.4) is 0 Å². The number of aryl methyl sites for hydroxylation is 1. The highest BCUT2D eigenvalue weighted by Gasteiger charge is 2.44. The number of nitrogens with zero attached hydrogens (tertiary/aromatic N) is 2. The third kappa shape index (κ3) is 3.56. The van der Waals surface area contributed by atoms with Crippen LogP contribution in [0.1, 0.15) is 28.8 Å². The van der Waals surface area contributed by atoms with E-state index < -0.39 is 6.10 Å². The van der Waals surface area contributed by atoms with E-state index in [-0.39, 0.29) is 12.0 Å². The number of hydrogen-bond donors (Lipinski definition) is 1. The third-order valence-electron chi connectivity index (χ3n) is 5.97. The van der Waals surface area contributed by atoms with Gasteiger partial charge in [-0.1, -0.05) is 12.1 Å². The second-order valence-corrected chi connectivity index (χ2v) is 7.77. The van der Waals surface area contributed by atoms with Crippen LogP contribution in [0.5, 0.6) is 11.5 Å². The Morgan fingerprint density at radius 3 is 2.57 bits per heavy atom. The van der Waals surface area contributed by atoms with Crippen LogP contribution in [0.2, 0.25) is 0 Å². The molecule has 1 aromatic carbocycles. The van der Waals surface area contributed by atoms with Crippen molar-refractivity contribution >= 4 is 5.91 Å². The standard InChI is InChI=1S/C22H26N2O4/c1-14-11-23-8-7-17(14)22(26)24-12-15-9-18(25)21(10-16(15)13-24)28-20-6-4-3-5-19(20)27-2/h3-8,11,15-16,18,21,25H,9-10,12-13H2,1-2H3/t15-,16+,18+,21+/m0/s1.